The molecule has 3 aromatic carbocycles. The number of hydrogen-bond donors (Lipinski definition) is 0. The minimum atomic E-state index is -4.05. The van der Waals surface area contributed by atoms with Crippen molar-refractivity contribution in [3.8, 4) is 0 Å². The first-order chi connectivity index (χ1) is 12.0. The van der Waals surface area contributed by atoms with Gasteiger partial charge in [-0.3, -0.25) is 4.79 Å². The Balaban J connectivity index is 2.16. The van der Waals surface area contributed by atoms with Gasteiger partial charge in [0.05, 0.1) is 10.6 Å². The zero-order valence-electron chi connectivity index (χ0n) is 13.0. The molecule has 3 rings (SSSR count). The van der Waals surface area contributed by atoms with Crippen LogP contribution >= 0.6 is 15.9 Å². The monoisotopic (exact) mass is 415 g/mol. The molecule has 126 valence electrons. The zero-order chi connectivity index (χ0) is 17.9. The summed E-state index contributed by atoms with van der Waals surface area (Å²) in [6, 6.07) is 22.9. The predicted octanol–water partition coefficient (Wildman–Crippen LogP) is 4.48. The number of para-hydroxylation sites is 1. The Hall–Kier alpha value is -2.44. The van der Waals surface area contributed by atoms with Crippen molar-refractivity contribution in [1.29, 1.82) is 0 Å². The predicted molar refractivity (Wildman–Crippen MR) is 101 cm³/mol. The molecule has 0 bridgehead atoms. The molecular formula is C19H14BrNO3S. The average molecular weight is 416 g/mol. The standard InChI is InChI=1S/C19H14BrNO3S/c20-16-9-7-8-15(14-16)19(22)21(17-10-3-1-4-11-17)25(23,24)18-12-5-2-6-13-18/h1-14H. The van der Waals surface area contributed by atoms with Crippen molar-refractivity contribution >= 4 is 37.5 Å². The van der Waals surface area contributed by atoms with E-state index in [1.807, 2.05) is 0 Å². The highest BCUT2D eigenvalue weighted by atomic mass is 79.9. The van der Waals surface area contributed by atoms with E-state index in [2.05, 4.69) is 15.9 Å². The summed E-state index contributed by atoms with van der Waals surface area (Å²) in [7, 11) is -4.05. The summed E-state index contributed by atoms with van der Waals surface area (Å²) in [5.41, 5.74) is 0.564. The molecule has 0 aliphatic rings. The van der Waals surface area contributed by atoms with Gasteiger partial charge in [0.15, 0.2) is 0 Å². The van der Waals surface area contributed by atoms with Crippen molar-refractivity contribution in [3.63, 3.8) is 0 Å². The molecule has 0 aliphatic heterocycles. The van der Waals surface area contributed by atoms with E-state index in [-0.39, 0.29) is 16.1 Å². The van der Waals surface area contributed by atoms with Crippen molar-refractivity contribution in [2.24, 2.45) is 0 Å². The van der Waals surface area contributed by atoms with E-state index >= 15 is 0 Å². The molecule has 25 heavy (non-hydrogen) atoms. The second kappa shape index (κ2) is 7.21. The third-order valence-electron chi connectivity index (χ3n) is 3.53. The molecule has 1 amide bonds. The smallest absolute Gasteiger partial charge is 0.268 e. The van der Waals surface area contributed by atoms with E-state index in [1.54, 1.807) is 72.8 Å². The Morgan fingerprint density at radius 2 is 1.40 bits per heavy atom. The van der Waals surface area contributed by atoms with Crippen LogP contribution in [0.2, 0.25) is 0 Å². The molecule has 0 saturated heterocycles. The first kappa shape index (κ1) is 17.4. The van der Waals surface area contributed by atoms with Crippen molar-refractivity contribution in [3.05, 3.63) is 95.0 Å². The number of benzene rings is 3. The van der Waals surface area contributed by atoms with E-state index in [0.29, 0.717) is 4.47 Å². The molecule has 0 spiro atoms. The van der Waals surface area contributed by atoms with E-state index < -0.39 is 15.9 Å². The van der Waals surface area contributed by atoms with Crippen LogP contribution in [0.25, 0.3) is 0 Å². The fourth-order valence-corrected chi connectivity index (χ4v) is 4.20. The molecule has 0 aromatic heterocycles. The Labute approximate surface area is 154 Å². The van der Waals surface area contributed by atoms with Crippen LogP contribution in [0.1, 0.15) is 10.4 Å². The van der Waals surface area contributed by atoms with Crippen LogP contribution in [0.15, 0.2) is 94.3 Å². The molecule has 0 saturated carbocycles. The first-order valence-electron chi connectivity index (χ1n) is 7.45. The van der Waals surface area contributed by atoms with Crippen LogP contribution in [0.3, 0.4) is 0 Å². The quantitative estimate of drug-likeness (QED) is 0.630. The number of carbonyl (C=O) groups excluding carboxylic acids is 1. The summed E-state index contributed by atoms with van der Waals surface area (Å²) in [6.45, 7) is 0. The van der Waals surface area contributed by atoms with Crippen molar-refractivity contribution < 1.29 is 13.2 Å². The third kappa shape index (κ3) is 3.65. The summed E-state index contributed by atoms with van der Waals surface area (Å²) >= 11 is 3.31. The lowest BCUT2D eigenvalue weighted by atomic mass is 10.2. The van der Waals surface area contributed by atoms with Crippen LogP contribution in [-0.2, 0) is 10.0 Å². The zero-order valence-corrected chi connectivity index (χ0v) is 15.4. The summed E-state index contributed by atoms with van der Waals surface area (Å²) < 4.78 is 27.8. The third-order valence-corrected chi connectivity index (χ3v) is 5.75. The number of sulfonamides is 1. The molecule has 0 unspecified atom stereocenters. The number of carbonyl (C=O) groups is 1. The SMILES string of the molecule is O=C(c1cccc(Br)c1)N(c1ccccc1)S(=O)(=O)c1ccccc1. The highest BCUT2D eigenvalue weighted by Crippen LogP contribution is 2.26. The van der Waals surface area contributed by atoms with Crippen LogP contribution in [0, 0.1) is 0 Å². The lowest BCUT2D eigenvalue weighted by molar-refractivity contribution is 0.101. The number of hydrogen-bond acceptors (Lipinski definition) is 3. The highest BCUT2D eigenvalue weighted by Gasteiger charge is 2.31. The number of halogens is 1. The molecule has 4 nitrogen and oxygen atoms in total. The second-order valence-corrected chi connectivity index (χ2v) is 7.94. The summed E-state index contributed by atoms with van der Waals surface area (Å²) in [6.07, 6.45) is 0. The molecule has 0 heterocycles. The normalized spacial score (nSPS) is 11.1. The van der Waals surface area contributed by atoms with Crippen molar-refractivity contribution in [2.45, 2.75) is 4.90 Å². The number of amides is 1. The summed E-state index contributed by atoms with van der Waals surface area (Å²) in [4.78, 5) is 13.1. The van der Waals surface area contributed by atoms with Crippen LogP contribution in [0.5, 0.6) is 0 Å². The van der Waals surface area contributed by atoms with E-state index in [0.717, 1.165) is 4.31 Å². The molecule has 0 aliphatic carbocycles. The van der Waals surface area contributed by atoms with Gasteiger partial charge in [0, 0.05) is 10.0 Å². The van der Waals surface area contributed by atoms with Crippen molar-refractivity contribution in [2.75, 3.05) is 4.31 Å². The van der Waals surface area contributed by atoms with Gasteiger partial charge in [0.25, 0.3) is 15.9 Å². The van der Waals surface area contributed by atoms with Gasteiger partial charge < -0.3 is 0 Å². The largest absolute Gasteiger partial charge is 0.272 e. The van der Waals surface area contributed by atoms with Gasteiger partial charge in [0.2, 0.25) is 0 Å². The molecule has 0 atom stereocenters. The number of anilines is 1. The van der Waals surface area contributed by atoms with Crippen molar-refractivity contribution in [1.82, 2.24) is 0 Å². The number of rotatable bonds is 4. The van der Waals surface area contributed by atoms with E-state index in [4.69, 9.17) is 0 Å². The Morgan fingerprint density at radius 1 is 0.800 bits per heavy atom. The molecular weight excluding hydrogens is 402 g/mol. The lowest BCUT2D eigenvalue weighted by Crippen LogP contribution is -2.37. The Bertz CT molecular complexity index is 989. The minimum absolute atomic E-state index is 0.0576. The molecule has 0 radical (unpaired) electrons. The maximum Gasteiger partial charge on any atom is 0.272 e. The number of nitrogens with zero attached hydrogens (tertiary/aromatic N) is 1. The summed E-state index contributed by atoms with van der Waals surface area (Å²) in [5, 5.41) is 0. The van der Waals surface area contributed by atoms with Crippen LogP contribution in [0.4, 0.5) is 5.69 Å². The Morgan fingerprint density at radius 3 is 2.00 bits per heavy atom. The van der Waals surface area contributed by atoms with Crippen LogP contribution in [-0.4, -0.2) is 14.3 Å². The highest BCUT2D eigenvalue weighted by molar-refractivity contribution is 9.10. The fraction of sp³-hybridized carbons (Fsp3) is 0. The fourth-order valence-electron chi connectivity index (χ4n) is 2.37. The van der Waals surface area contributed by atoms with Gasteiger partial charge >= 0.3 is 0 Å². The molecule has 0 N–H and O–H groups in total. The molecule has 3 aromatic rings. The van der Waals surface area contributed by atoms with Gasteiger partial charge in [-0.05, 0) is 42.5 Å². The maximum atomic E-state index is 13.1. The molecule has 6 heteroatoms. The maximum absolute atomic E-state index is 13.1. The van der Waals surface area contributed by atoms with E-state index in [9.17, 15) is 13.2 Å². The van der Waals surface area contributed by atoms with Gasteiger partial charge in [-0.15, -0.1) is 0 Å². The van der Waals surface area contributed by atoms with Gasteiger partial charge in [-0.25, -0.2) is 8.42 Å². The topological polar surface area (TPSA) is 54.5 Å². The first-order valence-corrected chi connectivity index (χ1v) is 9.69. The summed E-state index contributed by atoms with van der Waals surface area (Å²) in [5.74, 6) is -0.614. The minimum Gasteiger partial charge on any atom is -0.268 e. The van der Waals surface area contributed by atoms with Gasteiger partial charge in [-0.1, -0.05) is 58.4 Å². The second-order valence-electron chi connectivity index (χ2n) is 5.23. The van der Waals surface area contributed by atoms with Gasteiger partial charge in [0.1, 0.15) is 0 Å². The van der Waals surface area contributed by atoms with Crippen LogP contribution < -0.4 is 4.31 Å². The molecule has 0 fully saturated rings. The lowest BCUT2D eigenvalue weighted by Gasteiger charge is -2.22. The Kier molecular flexibility index (Phi) is 5.01. The van der Waals surface area contributed by atoms with Gasteiger partial charge in [-0.2, -0.15) is 4.31 Å². The average Bonchev–Trinajstić information content (AvgIpc) is 2.63. The van der Waals surface area contributed by atoms with E-state index in [1.165, 1.54) is 12.1 Å².